The molecule has 1 aromatic rings. The molecule has 1 N–H and O–H groups in total. The van der Waals surface area contributed by atoms with E-state index in [9.17, 15) is 9.59 Å². The number of carbonyl (C=O) groups is 2. The Hall–Kier alpha value is -1.63. The van der Waals surface area contributed by atoms with Crippen LogP contribution in [-0.4, -0.2) is 35.2 Å². The summed E-state index contributed by atoms with van der Waals surface area (Å²) >= 11 is 3.30. The van der Waals surface area contributed by atoms with Gasteiger partial charge in [0.1, 0.15) is 16.0 Å². The molecule has 1 aliphatic heterocycles. The molecule has 1 aliphatic rings. The molecule has 120 valence electrons. The maximum atomic E-state index is 12.1. The van der Waals surface area contributed by atoms with E-state index < -0.39 is 11.7 Å². The third-order valence-electron chi connectivity index (χ3n) is 3.11. The summed E-state index contributed by atoms with van der Waals surface area (Å²) in [6.07, 6.45) is 0.506. The van der Waals surface area contributed by atoms with Gasteiger partial charge in [-0.25, -0.2) is 9.78 Å². The van der Waals surface area contributed by atoms with Crippen LogP contribution in [0.25, 0.3) is 0 Å². The minimum Gasteiger partial charge on any atom is -0.444 e. The molecule has 1 atom stereocenters. The molecule has 0 aliphatic carbocycles. The number of piperidine rings is 1. The average molecular weight is 370 g/mol. The first-order chi connectivity index (χ1) is 10.2. The third kappa shape index (κ3) is 4.69. The second kappa shape index (κ2) is 6.64. The van der Waals surface area contributed by atoms with E-state index in [0.717, 1.165) is 0 Å². The molecule has 0 bridgehead atoms. The number of nitrogens with one attached hydrogen (secondary N) is 1. The van der Waals surface area contributed by atoms with Gasteiger partial charge in [0.15, 0.2) is 0 Å². The molecule has 1 saturated heterocycles. The average Bonchev–Trinajstić information content (AvgIpc) is 2.38. The molecular formula is C15H20BrN3O3. The summed E-state index contributed by atoms with van der Waals surface area (Å²) in [5.41, 5.74) is -0.542. The summed E-state index contributed by atoms with van der Waals surface area (Å²) in [5, 5.41) is 2.82. The topological polar surface area (TPSA) is 71.5 Å². The zero-order chi connectivity index (χ0) is 16.3. The lowest BCUT2D eigenvalue weighted by Gasteiger charge is -2.32. The van der Waals surface area contributed by atoms with Crippen LogP contribution < -0.4 is 10.2 Å². The molecule has 0 unspecified atom stereocenters. The second-order valence-electron chi connectivity index (χ2n) is 6.20. The van der Waals surface area contributed by atoms with E-state index >= 15 is 0 Å². The zero-order valence-electron chi connectivity index (χ0n) is 12.9. The summed E-state index contributed by atoms with van der Waals surface area (Å²) in [6.45, 7) is 5.83. The summed E-state index contributed by atoms with van der Waals surface area (Å²) in [4.78, 5) is 29.8. The highest BCUT2D eigenvalue weighted by Gasteiger charge is 2.29. The molecule has 0 radical (unpaired) electrons. The van der Waals surface area contributed by atoms with Gasteiger partial charge >= 0.3 is 6.09 Å². The lowest BCUT2D eigenvalue weighted by atomic mass is 10.1. The number of pyridine rings is 1. The van der Waals surface area contributed by atoms with Gasteiger partial charge in [0.2, 0.25) is 5.91 Å². The van der Waals surface area contributed by atoms with Crippen molar-refractivity contribution < 1.29 is 14.3 Å². The van der Waals surface area contributed by atoms with Gasteiger partial charge in [-0.3, -0.25) is 9.69 Å². The van der Waals surface area contributed by atoms with Crippen molar-refractivity contribution in [3.8, 4) is 0 Å². The van der Waals surface area contributed by atoms with E-state index in [-0.39, 0.29) is 11.9 Å². The van der Waals surface area contributed by atoms with Crippen LogP contribution in [0.15, 0.2) is 22.8 Å². The van der Waals surface area contributed by atoms with Crippen LogP contribution in [0, 0.1) is 0 Å². The quantitative estimate of drug-likeness (QED) is 0.813. The Morgan fingerprint density at radius 1 is 1.45 bits per heavy atom. The monoisotopic (exact) mass is 369 g/mol. The maximum absolute atomic E-state index is 12.1. The Bertz CT molecular complexity index is 571. The number of ether oxygens (including phenoxy) is 1. The van der Waals surface area contributed by atoms with Gasteiger partial charge in [0, 0.05) is 13.0 Å². The van der Waals surface area contributed by atoms with Crippen LogP contribution in [0.2, 0.25) is 0 Å². The molecule has 22 heavy (non-hydrogen) atoms. The van der Waals surface area contributed by atoms with Crippen molar-refractivity contribution in [3.05, 3.63) is 22.8 Å². The number of carbonyl (C=O) groups excluding carboxylic acids is 2. The highest BCUT2D eigenvalue weighted by molar-refractivity contribution is 9.10. The van der Waals surface area contributed by atoms with Gasteiger partial charge in [0.05, 0.1) is 6.04 Å². The Labute approximate surface area is 138 Å². The van der Waals surface area contributed by atoms with Crippen molar-refractivity contribution in [1.82, 2.24) is 10.3 Å². The normalized spacial score (nSPS) is 19.0. The lowest BCUT2D eigenvalue weighted by molar-refractivity contribution is -0.119. The van der Waals surface area contributed by atoms with Gasteiger partial charge in [-0.05, 0) is 55.3 Å². The van der Waals surface area contributed by atoms with Crippen molar-refractivity contribution in [1.29, 1.82) is 0 Å². The highest BCUT2D eigenvalue weighted by atomic mass is 79.9. The zero-order valence-corrected chi connectivity index (χ0v) is 14.5. The van der Waals surface area contributed by atoms with E-state index in [2.05, 4.69) is 26.2 Å². The predicted octanol–water partition coefficient (Wildman–Crippen LogP) is 2.86. The summed E-state index contributed by atoms with van der Waals surface area (Å²) in [7, 11) is 0. The van der Waals surface area contributed by atoms with E-state index in [1.165, 1.54) is 0 Å². The van der Waals surface area contributed by atoms with E-state index in [1.807, 2.05) is 26.8 Å². The Kier molecular flexibility index (Phi) is 5.05. The fraction of sp³-hybridized carbons (Fsp3) is 0.533. The predicted molar refractivity (Wildman–Crippen MR) is 86.7 cm³/mol. The van der Waals surface area contributed by atoms with E-state index in [1.54, 1.807) is 17.0 Å². The first-order valence-corrected chi connectivity index (χ1v) is 7.96. The molecule has 0 saturated carbocycles. The lowest BCUT2D eigenvalue weighted by Crippen LogP contribution is -2.51. The first-order valence-electron chi connectivity index (χ1n) is 7.17. The fourth-order valence-electron chi connectivity index (χ4n) is 2.21. The number of aromatic nitrogens is 1. The first kappa shape index (κ1) is 16.7. The van der Waals surface area contributed by atoms with Crippen LogP contribution >= 0.6 is 15.9 Å². The highest BCUT2D eigenvalue weighted by Crippen LogP contribution is 2.21. The van der Waals surface area contributed by atoms with Crippen molar-refractivity contribution >= 4 is 33.7 Å². The molecule has 2 rings (SSSR count). The standard InChI is InChI=1S/C15H20BrN3O3/c1-15(2,3)22-14(21)17-10-7-8-13(20)19(9-10)12-6-4-5-11(16)18-12/h4-6,10H,7-9H2,1-3H3,(H,17,21)/t10-/m0/s1. The van der Waals surface area contributed by atoms with E-state index in [4.69, 9.17) is 4.74 Å². The fourth-order valence-corrected chi connectivity index (χ4v) is 2.54. The number of amides is 2. The number of nitrogens with zero attached hydrogens (tertiary/aromatic N) is 2. The van der Waals surface area contributed by atoms with Crippen LogP contribution in [0.5, 0.6) is 0 Å². The van der Waals surface area contributed by atoms with Gasteiger partial charge in [-0.15, -0.1) is 0 Å². The van der Waals surface area contributed by atoms with Gasteiger partial charge in [-0.1, -0.05) is 6.07 Å². The van der Waals surface area contributed by atoms with Crippen LogP contribution in [0.4, 0.5) is 10.6 Å². The number of anilines is 1. The minimum atomic E-state index is -0.542. The largest absolute Gasteiger partial charge is 0.444 e. The van der Waals surface area contributed by atoms with E-state index in [0.29, 0.717) is 29.8 Å². The van der Waals surface area contributed by atoms with Crippen molar-refractivity contribution in [3.63, 3.8) is 0 Å². The van der Waals surface area contributed by atoms with Crippen molar-refractivity contribution in [2.45, 2.75) is 45.3 Å². The number of alkyl carbamates (subject to hydrolysis) is 1. The second-order valence-corrected chi connectivity index (χ2v) is 7.02. The van der Waals surface area contributed by atoms with Gasteiger partial charge in [-0.2, -0.15) is 0 Å². The van der Waals surface area contributed by atoms with Crippen LogP contribution in [-0.2, 0) is 9.53 Å². The molecule has 2 amide bonds. The maximum Gasteiger partial charge on any atom is 0.407 e. The Morgan fingerprint density at radius 2 is 2.18 bits per heavy atom. The number of hydrogen-bond acceptors (Lipinski definition) is 4. The smallest absolute Gasteiger partial charge is 0.407 e. The number of rotatable bonds is 2. The molecule has 6 nitrogen and oxygen atoms in total. The molecule has 2 heterocycles. The summed E-state index contributed by atoms with van der Waals surface area (Å²) in [5.74, 6) is 0.586. The molecule has 0 aromatic carbocycles. The van der Waals surface area contributed by atoms with Crippen LogP contribution in [0.1, 0.15) is 33.6 Å². The van der Waals surface area contributed by atoms with Crippen molar-refractivity contribution in [2.24, 2.45) is 0 Å². The number of hydrogen-bond donors (Lipinski definition) is 1. The Morgan fingerprint density at radius 3 is 2.82 bits per heavy atom. The molecule has 1 fully saturated rings. The minimum absolute atomic E-state index is 0.00726. The summed E-state index contributed by atoms with van der Waals surface area (Å²) in [6, 6.07) is 5.26. The Balaban J connectivity index is 2.02. The van der Waals surface area contributed by atoms with Gasteiger partial charge in [0.25, 0.3) is 0 Å². The molecule has 7 heteroatoms. The SMILES string of the molecule is CC(C)(C)OC(=O)N[C@H]1CCC(=O)N(c2cccc(Br)n2)C1. The number of halogens is 1. The third-order valence-corrected chi connectivity index (χ3v) is 3.55. The van der Waals surface area contributed by atoms with Crippen molar-refractivity contribution in [2.75, 3.05) is 11.4 Å². The molecule has 0 spiro atoms. The molecule has 1 aromatic heterocycles. The molecular weight excluding hydrogens is 350 g/mol. The van der Waals surface area contributed by atoms with Gasteiger partial charge < -0.3 is 10.1 Å². The van der Waals surface area contributed by atoms with Crippen LogP contribution in [0.3, 0.4) is 0 Å². The summed E-state index contributed by atoms with van der Waals surface area (Å²) < 4.78 is 5.92.